The smallest absolute Gasteiger partial charge is 0.227 e. The van der Waals surface area contributed by atoms with Gasteiger partial charge in [-0.1, -0.05) is 97.1 Å². The monoisotopic (exact) mass is 1360 g/mol. The average molecular weight is 1360 g/mol. The van der Waals surface area contributed by atoms with E-state index in [1.165, 1.54) is 6.92 Å². The fourth-order valence-corrected chi connectivity index (χ4v) is 16.7. The van der Waals surface area contributed by atoms with E-state index < -0.39 is 12.3 Å². The Morgan fingerprint density at radius 3 is 1.03 bits per heavy atom. The molecule has 0 radical (unpaired) electrons. The summed E-state index contributed by atoms with van der Waals surface area (Å²) in [4.78, 5) is 125. The first-order chi connectivity index (χ1) is 50.6. The van der Waals surface area contributed by atoms with Gasteiger partial charge in [0.1, 0.15) is 0 Å². The number of anilines is 8. The maximum atomic E-state index is 13.9. The van der Waals surface area contributed by atoms with Crippen LogP contribution in [0.15, 0.2) is 176 Å². The van der Waals surface area contributed by atoms with Gasteiger partial charge in [-0.2, -0.15) is 0 Å². The Bertz CT molecular complexity index is 4850. The Hall–Kier alpha value is -11.0. The molecule has 7 aliphatic heterocycles. The number of carbonyl (C=O) groups excluding carboxylic acids is 8. The van der Waals surface area contributed by atoms with Crippen molar-refractivity contribution in [2.75, 3.05) is 91.6 Å². The maximum Gasteiger partial charge on any atom is 0.227 e. The van der Waals surface area contributed by atoms with Gasteiger partial charge < -0.3 is 39.2 Å². The highest BCUT2D eigenvalue weighted by Crippen LogP contribution is 2.55. The van der Waals surface area contributed by atoms with E-state index in [1.807, 2.05) is 177 Å². The summed E-state index contributed by atoms with van der Waals surface area (Å²) in [5.74, 6) is -1.34. The highest BCUT2D eigenvalue weighted by Gasteiger charge is 2.37. The summed E-state index contributed by atoms with van der Waals surface area (Å²) in [5, 5.41) is 0. The van der Waals surface area contributed by atoms with Crippen LogP contribution in [0, 0.1) is 0 Å². The molecule has 0 saturated carbocycles. The van der Waals surface area contributed by atoms with Gasteiger partial charge in [0.25, 0.3) is 0 Å². The normalized spacial score (nSPS) is 19.9. The minimum atomic E-state index is -1.30. The first-order valence-corrected chi connectivity index (χ1v) is 36.4. The summed E-state index contributed by atoms with van der Waals surface area (Å²) < 4.78 is 23.7. The number of carbonyl (C=O) groups is 8. The lowest BCUT2D eigenvalue weighted by Gasteiger charge is -2.33. The molecule has 16 heteroatoms. The topological polar surface area (TPSA) is 162 Å². The summed E-state index contributed by atoms with van der Waals surface area (Å²) >= 11 is 0. The fraction of sp³-hybridized carbons (Fsp3) is 0.302. The van der Waals surface area contributed by atoms with Gasteiger partial charge in [0.2, 0.25) is 47.3 Å². The van der Waals surface area contributed by atoms with Crippen LogP contribution < -0.4 is 39.2 Å². The number of hydrogen-bond acceptors (Lipinski definition) is 8. The Morgan fingerprint density at radius 1 is 0.382 bits per heavy atom. The van der Waals surface area contributed by atoms with Crippen molar-refractivity contribution in [2.24, 2.45) is 0 Å². The SMILES string of the molecule is [2H]C1=C(c2ccccc2-c2cc(N3CCCC3=O)cc(N3CCCC3=O)c2)C(c2ccccc2-c2cc(N3CCCC3=O)cc(N3CCCC3=O)c2)C([2H])C(c2ccccc2-c2cc(N3CCCC3=O)cc(N3CCCC3=O)c2)=C1c1ccccc1-c1cc(N(CC)C(C)=O)cc(N2CCCC2=O)c1. The van der Waals surface area contributed by atoms with Gasteiger partial charge >= 0.3 is 0 Å². The summed E-state index contributed by atoms with van der Waals surface area (Å²) in [6, 6.07) is 55.4. The molecule has 2 unspecified atom stereocenters. The van der Waals surface area contributed by atoms with Gasteiger partial charge in [0, 0.05) is 157 Å². The van der Waals surface area contributed by atoms with Crippen LogP contribution in [0.2, 0.25) is 0 Å². The van der Waals surface area contributed by atoms with E-state index in [0.717, 1.165) is 5.56 Å². The average Bonchev–Trinajstić information content (AvgIpc) is 0.993. The molecule has 102 heavy (non-hydrogen) atoms. The van der Waals surface area contributed by atoms with Crippen molar-refractivity contribution in [1.82, 2.24) is 0 Å². The van der Waals surface area contributed by atoms with Gasteiger partial charge in [-0.15, -0.1) is 0 Å². The number of nitrogens with zero attached hydrogens (tertiary/aromatic N) is 8. The molecular formula is C86H82N8O8. The van der Waals surface area contributed by atoms with E-state index >= 15 is 0 Å². The van der Waals surface area contributed by atoms with Gasteiger partial charge in [-0.25, -0.2) is 0 Å². The summed E-state index contributed by atoms with van der Waals surface area (Å²) in [6.45, 7) is 7.27. The van der Waals surface area contributed by atoms with Crippen LogP contribution in [0.4, 0.5) is 45.5 Å². The Kier molecular flexibility index (Phi) is 17.0. The van der Waals surface area contributed by atoms with Crippen LogP contribution in [0.3, 0.4) is 0 Å². The zero-order chi connectivity index (χ0) is 71.6. The van der Waals surface area contributed by atoms with Crippen LogP contribution in [-0.2, 0) is 38.4 Å². The number of rotatable bonds is 17. The van der Waals surface area contributed by atoms with Crippen LogP contribution in [-0.4, -0.2) is 99.6 Å². The maximum absolute atomic E-state index is 13.9. The molecule has 0 spiro atoms. The Morgan fingerprint density at radius 2 is 0.676 bits per heavy atom. The zero-order valence-corrected chi connectivity index (χ0v) is 57.7. The van der Waals surface area contributed by atoms with Gasteiger partial charge in [-0.05, 0) is 221 Å². The van der Waals surface area contributed by atoms with Crippen molar-refractivity contribution in [2.45, 2.75) is 116 Å². The van der Waals surface area contributed by atoms with Crippen molar-refractivity contribution in [1.29, 1.82) is 0 Å². The Labute approximate surface area is 597 Å². The van der Waals surface area contributed by atoms with E-state index in [2.05, 4.69) is 0 Å². The molecule has 2 atom stereocenters. The molecule has 7 fully saturated rings. The largest absolute Gasteiger partial charge is 0.313 e. The fourth-order valence-electron chi connectivity index (χ4n) is 16.7. The van der Waals surface area contributed by atoms with Gasteiger partial charge in [0.05, 0.1) is 1.37 Å². The van der Waals surface area contributed by atoms with Gasteiger partial charge in [0.15, 0.2) is 0 Å². The molecule has 16 rings (SSSR count). The van der Waals surface area contributed by atoms with Crippen molar-refractivity contribution < 1.29 is 41.1 Å². The molecule has 16 nitrogen and oxygen atoms in total. The zero-order valence-electron chi connectivity index (χ0n) is 59.7. The molecule has 8 aliphatic rings. The summed E-state index contributed by atoms with van der Waals surface area (Å²) in [7, 11) is 0. The standard InChI is InChI=1S/C86H82N8O8/c1-3-87(55(2)95)60-41-56(42-61(49-60)88-34-12-27-80(88)96)68-19-4-8-23-72(68)76-53-78(74-25-10-6-21-70(74)58-45-64(91-37-15-30-83(91)99)51-65(46-58)92-38-16-31-84(92)100)79(75-26-11-7-22-71(75)59-47-66(93-39-17-32-85(93)101)52-67(48-59)94-40-18-33-86(94)102)54-77(76)73-24-9-5-20-69(73)57-43-62(89-35-13-28-81(89)97)50-63(44-57)90-36-14-29-82(90)98/h4-11,19-26,41-53,79H,3,12-18,27-40,54H2,1-2H3/i53D,54D. The molecule has 0 bridgehead atoms. The summed E-state index contributed by atoms with van der Waals surface area (Å²) in [5.41, 5.74) is 14.6. The minimum Gasteiger partial charge on any atom is -0.313 e. The van der Waals surface area contributed by atoms with Crippen LogP contribution in [0.1, 0.15) is 141 Å². The third-order valence-electron chi connectivity index (χ3n) is 21.7. The first-order valence-electron chi connectivity index (χ1n) is 37.4. The van der Waals surface area contributed by atoms with E-state index in [0.29, 0.717) is 266 Å². The molecule has 8 aromatic rings. The lowest BCUT2D eigenvalue weighted by atomic mass is 9.70. The van der Waals surface area contributed by atoms with E-state index in [9.17, 15) is 41.1 Å². The molecule has 1 aliphatic carbocycles. The second-order valence-electron chi connectivity index (χ2n) is 28.0. The number of allylic oxidation sites excluding steroid dienone is 4. The van der Waals surface area contributed by atoms with Crippen molar-refractivity contribution in [3.05, 3.63) is 198 Å². The molecule has 7 saturated heterocycles. The third kappa shape index (κ3) is 12.3. The summed E-state index contributed by atoms with van der Waals surface area (Å²) in [6.07, 6.45) is 6.07. The number of hydrogen-bond donors (Lipinski definition) is 0. The lowest BCUT2D eigenvalue weighted by Crippen LogP contribution is -2.29. The number of amides is 8. The van der Waals surface area contributed by atoms with Crippen molar-refractivity contribution >= 4 is 109 Å². The molecule has 0 aromatic heterocycles. The highest BCUT2D eigenvalue weighted by molar-refractivity contribution is 6.11. The predicted octanol–water partition coefficient (Wildman–Crippen LogP) is 15.8. The van der Waals surface area contributed by atoms with E-state index in [4.69, 9.17) is 0 Å². The van der Waals surface area contributed by atoms with Crippen molar-refractivity contribution in [3.63, 3.8) is 0 Å². The van der Waals surface area contributed by atoms with Crippen molar-refractivity contribution in [3.8, 4) is 44.5 Å². The Balaban J connectivity index is 1.01. The molecule has 8 aromatic carbocycles. The van der Waals surface area contributed by atoms with Crippen LogP contribution in [0.25, 0.3) is 61.2 Å². The minimum absolute atomic E-state index is 0.0178. The van der Waals surface area contributed by atoms with E-state index in [1.54, 1.807) is 39.2 Å². The third-order valence-corrected chi connectivity index (χ3v) is 21.7. The second-order valence-corrected chi connectivity index (χ2v) is 28.0. The second kappa shape index (κ2) is 27.5. The molecular weight excluding hydrogens is 1270 g/mol. The lowest BCUT2D eigenvalue weighted by molar-refractivity contribution is -0.117. The van der Waals surface area contributed by atoms with Crippen LogP contribution >= 0.6 is 0 Å². The molecule has 7 heterocycles. The van der Waals surface area contributed by atoms with E-state index in [-0.39, 0.29) is 53.3 Å². The quantitative estimate of drug-likeness (QED) is 0.0870. The predicted molar refractivity (Wildman–Crippen MR) is 404 cm³/mol. The molecule has 514 valence electrons. The molecule has 8 amide bonds. The highest BCUT2D eigenvalue weighted by atomic mass is 16.2. The number of benzene rings is 8. The molecule has 0 N–H and O–H groups in total. The van der Waals surface area contributed by atoms with Crippen LogP contribution in [0.5, 0.6) is 0 Å². The van der Waals surface area contributed by atoms with Gasteiger partial charge in [-0.3, -0.25) is 38.4 Å². The first kappa shape index (κ1) is 63.2.